The summed E-state index contributed by atoms with van der Waals surface area (Å²) in [5.74, 6) is 0. The van der Waals surface area contributed by atoms with Gasteiger partial charge in [-0.3, -0.25) is 0 Å². The molecule has 3 atom stereocenters. The van der Waals surface area contributed by atoms with Gasteiger partial charge in [0, 0.05) is 0 Å². The number of aliphatic hydroxyl groups is 3. The Morgan fingerprint density at radius 3 is 0.523 bits per heavy atom. The molecular weight excluding hydrogens is 899 g/mol. The van der Waals surface area contributed by atoms with Crippen LogP contribution < -0.4 is 0 Å². The lowest BCUT2D eigenvalue weighted by atomic mass is 10.4. The number of aliphatic hydroxyl groups excluding tert-OH is 3. The molecule has 0 saturated carbocycles. The Morgan fingerprint density at radius 2 is 0.385 bits per heavy atom. The average molecular weight is 981 g/mol. The van der Waals surface area contributed by atoms with E-state index in [1.54, 1.807) is 0 Å². The summed E-state index contributed by atoms with van der Waals surface area (Å²) in [5.41, 5.74) is 0. The van der Waals surface area contributed by atoms with E-state index in [2.05, 4.69) is 0 Å². The molecule has 3 unspecified atom stereocenters. The third-order valence-electron chi connectivity index (χ3n) is 7.73. The van der Waals surface area contributed by atoms with Gasteiger partial charge in [-0.15, -0.1) is 0 Å². The molecule has 26 heteroatoms. The molecular formula is C39H81O25P. The van der Waals surface area contributed by atoms with Gasteiger partial charge in [0.25, 0.3) is 0 Å². The first-order chi connectivity index (χ1) is 31.8. The van der Waals surface area contributed by atoms with E-state index >= 15 is 0 Å². The topological polar surface area (TPSA) is 305 Å². The maximum absolute atomic E-state index is 9.13. The van der Waals surface area contributed by atoms with Crippen molar-refractivity contribution in [1.82, 2.24) is 0 Å². The maximum atomic E-state index is 9.13. The first-order valence-electron chi connectivity index (χ1n) is 21.9. The molecule has 0 aromatic rings. The molecule has 0 amide bonds. The molecule has 0 spiro atoms. The van der Waals surface area contributed by atoms with E-state index in [0.717, 1.165) is 0 Å². The van der Waals surface area contributed by atoms with Gasteiger partial charge in [0.15, 0.2) is 0 Å². The van der Waals surface area contributed by atoms with Gasteiger partial charge < -0.3 is 115 Å². The minimum Gasteiger partial charge on any atom is -0.394 e. The van der Waals surface area contributed by atoms with E-state index in [1.165, 1.54) is 0 Å². The predicted octanol–water partition coefficient (Wildman–Crippen LogP) is -2.55. The third-order valence-corrected chi connectivity index (χ3v) is 7.73. The molecule has 3 rings (SSSR count). The summed E-state index contributed by atoms with van der Waals surface area (Å²) in [6.07, 6.45) is -0.966. The fourth-order valence-corrected chi connectivity index (χ4v) is 4.56. The van der Waals surface area contributed by atoms with E-state index < -0.39 is 7.82 Å². The summed E-state index contributed by atoms with van der Waals surface area (Å²) >= 11 is 0. The van der Waals surface area contributed by atoms with Crippen molar-refractivity contribution in [3.8, 4) is 0 Å². The van der Waals surface area contributed by atoms with Gasteiger partial charge in [-0.25, -0.2) is 4.57 Å². The highest BCUT2D eigenvalue weighted by Gasteiger charge is 2.10. The zero-order valence-corrected chi connectivity index (χ0v) is 39.0. The molecule has 6 N–H and O–H groups in total. The SMILES string of the molecule is O=P(O)(O)O.OCC1COCCOCCOCCOCCOCCO1.OCC1COCCOCCOCCOCCOCCO1.OCC1COCCOCCOCCOCCOCCO1. The minimum atomic E-state index is -4.64. The standard InChI is InChI=1S/3C13H26O7.H3O4P/c3*14-11-13-12-19-8-7-17-4-3-15-1-2-16-5-6-18-9-10-20-13;1-5(2,3)4/h3*13-14H,1-12H2;(H3,1,2,3,4). The van der Waals surface area contributed by atoms with Gasteiger partial charge in [0.05, 0.1) is 238 Å². The number of hydrogen-bond acceptors (Lipinski definition) is 22. The number of ether oxygens (including phenoxy) is 18. The normalized spacial score (nSPS) is 25.4. The van der Waals surface area contributed by atoms with Crippen LogP contribution in [-0.4, -0.2) is 286 Å². The van der Waals surface area contributed by atoms with Crippen LogP contribution in [0.4, 0.5) is 0 Å². The molecule has 3 aliphatic heterocycles. The Kier molecular flexibility index (Phi) is 52.0. The second-order valence-corrected chi connectivity index (χ2v) is 14.1. The van der Waals surface area contributed by atoms with Crippen LogP contribution in [0, 0.1) is 0 Å². The van der Waals surface area contributed by atoms with Crippen molar-refractivity contribution in [1.29, 1.82) is 0 Å². The molecule has 3 fully saturated rings. The molecule has 3 aliphatic rings. The number of hydrogen-bond donors (Lipinski definition) is 6. The molecule has 3 saturated heterocycles. The van der Waals surface area contributed by atoms with Crippen LogP contribution in [0.3, 0.4) is 0 Å². The summed E-state index contributed by atoms with van der Waals surface area (Å²) in [7, 11) is -4.64. The lowest BCUT2D eigenvalue weighted by Gasteiger charge is -2.16. The van der Waals surface area contributed by atoms with Crippen molar-refractivity contribution in [3.05, 3.63) is 0 Å². The molecule has 0 aromatic heterocycles. The second-order valence-electron chi connectivity index (χ2n) is 13.1. The second kappa shape index (κ2) is 52.6. The van der Waals surface area contributed by atoms with E-state index in [4.69, 9.17) is 120 Å². The van der Waals surface area contributed by atoms with Crippen LogP contribution >= 0.6 is 7.82 Å². The molecule has 0 aromatic carbocycles. The molecule has 25 nitrogen and oxygen atoms in total. The highest BCUT2D eigenvalue weighted by molar-refractivity contribution is 7.45. The Morgan fingerprint density at radius 1 is 0.262 bits per heavy atom. The summed E-state index contributed by atoms with van der Waals surface area (Å²) in [5, 5.41) is 27.4. The van der Waals surface area contributed by atoms with Crippen LogP contribution in [0.15, 0.2) is 0 Å². The molecule has 3 heterocycles. The highest BCUT2D eigenvalue weighted by atomic mass is 31.2. The van der Waals surface area contributed by atoms with E-state index in [1.807, 2.05) is 0 Å². The summed E-state index contributed by atoms with van der Waals surface area (Å²) in [4.78, 5) is 21.6. The zero-order valence-electron chi connectivity index (χ0n) is 38.1. The van der Waals surface area contributed by atoms with Crippen molar-refractivity contribution < 1.29 is 120 Å². The summed E-state index contributed by atoms with van der Waals surface area (Å²) in [6, 6.07) is 0. The Balaban J connectivity index is 0.000000896. The lowest BCUT2D eigenvalue weighted by molar-refractivity contribution is -0.0740. The maximum Gasteiger partial charge on any atom is 0.466 e. The molecule has 392 valence electrons. The highest BCUT2D eigenvalue weighted by Crippen LogP contribution is 2.25. The molecule has 0 radical (unpaired) electrons. The van der Waals surface area contributed by atoms with Gasteiger partial charge in [-0.2, -0.15) is 0 Å². The van der Waals surface area contributed by atoms with E-state index in [9.17, 15) is 0 Å². The molecule has 65 heavy (non-hydrogen) atoms. The fraction of sp³-hybridized carbons (Fsp3) is 1.00. The Bertz CT molecular complexity index is 799. The Labute approximate surface area is 383 Å². The van der Waals surface area contributed by atoms with E-state index in [-0.39, 0.29) is 38.1 Å². The Hall–Kier alpha value is -0.730. The van der Waals surface area contributed by atoms with Gasteiger partial charge in [0.1, 0.15) is 18.3 Å². The molecule has 0 aliphatic carbocycles. The van der Waals surface area contributed by atoms with Crippen molar-refractivity contribution in [2.75, 3.05) is 238 Å². The van der Waals surface area contributed by atoms with E-state index in [0.29, 0.717) is 218 Å². The smallest absolute Gasteiger partial charge is 0.394 e. The fourth-order valence-electron chi connectivity index (χ4n) is 4.56. The quantitative estimate of drug-likeness (QED) is 0.159. The third kappa shape index (κ3) is 55.8. The monoisotopic (exact) mass is 980 g/mol. The minimum absolute atomic E-state index is 0.0716. The number of rotatable bonds is 3. The van der Waals surface area contributed by atoms with Crippen LogP contribution in [0.25, 0.3) is 0 Å². The largest absolute Gasteiger partial charge is 0.466 e. The first-order valence-corrected chi connectivity index (χ1v) is 23.5. The lowest BCUT2D eigenvalue weighted by Crippen LogP contribution is -2.27. The summed E-state index contributed by atoms with van der Waals surface area (Å²) in [6.45, 7) is 16.2. The van der Waals surface area contributed by atoms with Gasteiger partial charge in [-0.05, 0) is 0 Å². The van der Waals surface area contributed by atoms with Gasteiger partial charge in [0.2, 0.25) is 0 Å². The van der Waals surface area contributed by atoms with Crippen LogP contribution in [0.2, 0.25) is 0 Å². The van der Waals surface area contributed by atoms with Crippen molar-refractivity contribution in [2.45, 2.75) is 18.3 Å². The van der Waals surface area contributed by atoms with Crippen LogP contribution in [-0.2, 0) is 89.8 Å². The average Bonchev–Trinajstić information content (AvgIpc) is 3.29. The molecule has 0 bridgehead atoms. The van der Waals surface area contributed by atoms with Crippen LogP contribution in [0.5, 0.6) is 0 Å². The van der Waals surface area contributed by atoms with Crippen molar-refractivity contribution >= 4 is 7.82 Å². The zero-order chi connectivity index (χ0) is 47.4. The summed E-state index contributed by atoms with van der Waals surface area (Å²) < 4.78 is 105. The van der Waals surface area contributed by atoms with Gasteiger partial charge in [-0.1, -0.05) is 0 Å². The van der Waals surface area contributed by atoms with Gasteiger partial charge >= 0.3 is 7.82 Å². The van der Waals surface area contributed by atoms with Crippen molar-refractivity contribution in [2.24, 2.45) is 0 Å². The van der Waals surface area contributed by atoms with Crippen molar-refractivity contribution in [3.63, 3.8) is 0 Å². The van der Waals surface area contributed by atoms with Crippen LogP contribution in [0.1, 0.15) is 0 Å². The number of phosphoric acid groups is 1. The predicted molar refractivity (Wildman–Crippen MR) is 227 cm³/mol. The first kappa shape index (κ1) is 64.3.